The van der Waals surface area contributed by atoms with Crippen LogP contribution in [0.2, 0.25) is 0 Å². The third-order valence-electron chi connectivity index (χ3n) is 2.72. The van der Waals surface area contributed by atoms with Gasteiger partial charge in [0.2, 0.25) is 0 Å². The molecule has 3 N–H and O–H groups in total. The Morgan fingerprint density at radius 1 is 1.57 bits per heavy atom. The zero-order valence-corrected chi connectivity index (χ0v) is 12.1. The molecule has 0 aliphatic rings. The number of nitrogens with two attached hydrogens (primary N) is 1. The van der Waals surface area contributed by atoms with Crippen molar-refractivity contribution in [2.75, 3.05) is 33.9 Å². The lowest BCUT2D eigenvalue weighted by molar-refractivity contribution is 0.0378. The summed E-state index contributed by atoms with van der Waals surface area (Å²) < 4.78 is 18.6. The van der Waals surface area contributed by atoms with Crippen LogP contribution >= 0.6 is 0 Å². The van der Waals surface area contributed by atoms with E-state index in [1.807, 2.05) is 0 Å². The molecule has 0 radical (unpaired) electrons. The molecule has 1 amide bonds. The molecule has 0 bridgehead atoms. The third kappa shape index (κ3) is 5.16. The highest BCUT2D eigenvalue weighted by Crippen LogP contribution is 2.12. The lowest BCUT2D eigenvalue weighted by Crippen LogP contribution is -2.36. The normalized spacial score (nSPS) is 11.5. The van der Waals surface area contributed by atoms with Crippen LogP contribution in [0.5, 0.6) is 0 Å². The maximum absolute atomic E-state index is 13.8. The van der Waals surface area contributed by atoms with Gasteiger partial charge in [0, 0.05) is 26.3 Å². The predicted octanol–water partition coefficient (Wildman–Crippen LogP) is 0.215. The van der Waals surface area contributed by atoms with E-state index < -0.39 is 17.8 Å². The monoisotopic (exact) mass is 294 g/mol. The minimum Gasteiger partial charge on any atom is -0.389 e. The second-order valence-corrected chi connectivity index (χ2v) is 4.50. The molecule has 0 spiro atoms. The fourth-order valence-electron chi connectivity index (χ4n) is 1.77. The van der Waals surface area contributed by atoms with Crippen molar-refractivity contribution in [3.8, 4) is 11.8 Å². The SMILES string of the molecule is COCC(O)CN(C)C(=O)c1cc(C#CCN)ccc1F. The molecule has 114 valence electrons. The number of carbonyl (C=O) groups excluding carboxylic acids is 1. The first-order valence-electron chi connectivity index (χ1n) is 6.40. The smallest absolute Gasteiger partial charge is 0.256 e. The Morgan fingerprint density at radius 3 is 2.90 bits per heavy atom. The van der Waals surface area contributed by atoms with E-state index in [4.69, 9.17) is 10.5 Å². The lowest BCUT2D eigenvalue weighted by Gasteiger charge is -2.20. The van der Waals surface area contributed by atoms with E-state index >= 15 is 0 Å². The molecule has 0 heterocycles. The van der Waals surface area contributed by atoms with Crippen LogP contribution in [0.1, 0.15) is 15.9 Å². The number of carbonyl (C=O) groups is 1. The summed E-state index contributed by atoms with van der Waals surface area (Å²) in [6.07, 6.45) is -0.827. The molecule has 1 rings (SSSR count). The fourth-order valence-corrected chi connectivity index (χ4v) is 1.77. The number of aliphatic hydroxyl groups excluding tert-OH is 1. The van der Waals surface area contributed by atoms with Gasteiger partial charge in [-0.15, -0.1) is 0 Å². The maximum atomic E-state index is 13.8. The molecular weight excluding hydrogens is 275 g/mol. The maximum Gasteiger partial charge on any atom is 0.256 e. The standard InChI is InChI=1S/C15H19FN2O3/c1-18(9-12(19)10-21-2)15(20)13-8-11(4-3-7-17)5-6-14(13)16/h5-6,8,12,19H,7,9-10,17H2,1-2H3. The molecule has 5 nitrogen and oxygen atoms in total. The molecule has 0 aromatic heterocycles. The van der Waals surface area contributed by atoms with Gasteiger partial charge in [0.1, 0.15) is 5.82 Å². The summed E-state index contributed by atoms with van der Waals surface area (Å²) in [6, 6.07) is 4.04. The first-order chi connectivity index (χ1) is 9.99. The Kier molecular flexibility index (Phi) is 6.82. The molecule has 21 heavy (non-hydrogen) atoms. The van der Waals surface area contributed by atoms with Gasteiger partial charge in [-0.2, -0.15) is 0 Å². The van der Waals surface area contributed by atoms with Crippen LogP contribution < -0.4 is 5.73 Å². The van der Waals surface area contributed by atoms with E-state index in [-0.39, 0.29) is 25.3 Å². The summed E-state index contributed by atoms with van der Waals surface area (Å²) >= 11 is 0. The summed E-state index contributed by atoms with van der Waals surface area (Å²) in [7, 11) is 2.93. The summed E-state index contributed by atoms with van der Waals surface area (Å²) in [5.74, 6) is 4.23. The number of halogens is 1. The first-order valence-corrected chi connectivity index (χ1v) is 6.40. The van der Waals surface area contributed by atoms with Crippen molar-refractivity contribution in [3.05, 3.63) is 35.1 Å². The Balaban J connectivity index is 2.90. The predicted molar refractivity (Wildman–Crippen MR) is 77.2 cm³/mol. The van der Waals surface area contributed by atoms with Gasteiger partial charge < -0.3 is 20.5 Å². The number of amides is 1. The second kappa shape index (κ2) is 8.37. The number of nitrogens with zero attached hydrogens (tertiary/aromatic N) is 1. The highest BCUT2D eigenvalue weighted by Gasteiger charge is 2.19. The van der Waals surface area contributed by atoms with Gasteiger partial charge in [0.25, 0.3) is 5.91 Å². The Hall–Kier alpha value is -1.94. The summed E-state index contributed by atoms with van der Waals surface area (Å²) in [6.45, 7) is 0.330. The highest BCUT2D eigenvalue weighted by molar-refractivity contribution is 5.94. The van der Waals surface area contributed by atoms with Crippen LogP contribution in [0.25, 0.3) is 0 Å². The number of hydrogen-bond donors (Lipinski definition) is 2. The van der Waals surface area contributed by atoms with Crippen molar-refractivity contribution in [1.82, 2.24) is 4.90 Å². The van der Waals surface area contributed by atoms with Gasteiger partial charge in [0.05, 0.1) is 24.8 Å². The zero-order chi connectivity index (χ0) is 15.8. The van der Waals surface area contributed by atoms with E-state index in [2.05, 4.69) is 11.8 Å². The summed E-state index contributed by atoms with van der Waals surface area (Å²) in [5.41, 5.74) is 5.69. The molecule has 0 saturated heterocycles. The molecule has 1 aromatic rings. The van der Waals surface area contributed by atoms with E-state index in [9.17, 15) is 14.3 Å². The molecule has 1 atom stereocenters. The number of likely N-dealkylation sites (N-methyl/N-ethyl adjacent to an activating group) is 1. The molecule has 0 fully saturated rings. The molecule has 6 heteroatoms. The second-order valence-electron chi connectivity index (χ2n) is 4.50. The average Bonchev–Trinajstić information content (AvgIpc) is 2.45. The van der Waals surface area contributed by atoms with Gasteiger partial charge in [0.15, 0.2) is 0 Å². The van der Waals surface area contributed by atoms with Gasteiger partial charge in [-0.25, -0.2) is 4.39 Å². The fraction of sp³-hybridized carbons (Fsp3) is 0.400. The van der Waals surface area contributed by atoms with Crippen LogP contribution in [-0.2, 0) is 4.74 Å². The van der Waals surface area contributed by atoms with Crippen LogP contribution in [0.15, 0.2) is 18.2 Å². The molecule has 1 aromatic carbocycles. The largest absolute Gasteiger partial charge is 0.389 e. The number of methoxy groups -OCH3 is 1. The van der Waals surface area contributed by atoms with E-state index in [1.54, 1.807) is 0 Å². The topological polar surface area (TPSA) is 75.8 Å². The Morgan fingerprint density at radius 2 is 2.29 bits per heavy atom. The van der Waals surface area contributed by atoms with E-state index in [0.29, 0.717) is 5.56 Å². The van der Waals surface area contributed by atoms with Gasteiger partial charge >= 0.3 is 0 Å². The van der Waals surface area contributed by atoms with Crippen molar-refractivity contribution < 1.29 is 19.0 Å². The molecular formula is C15H19FN2O3. The zero-order valence-electron chi connectivity index (χ0n) is 12.1. The van der Waals surface area contributed by atoms with Crippen molar-refractivity contribution in [1.29, 1.82) is 0 Å². The van der Waals surface area contributed by atoms with Crippen LogP contribution in [0, 0.1) is 17.7 Å². The number of benzene rings is 1. The van der Waals surface area contributed by atoms with Gasteiger partial charge in [-0.1, -0.05) is 11.8 Å². The minimum atomic E-state index is -0.827. The molecule has 0 aliphatic carbocycles. The van der Waals surface area contributed by atoms with Crippen LogP contribution in [-0.4, -0.2) is 55.9 Å². The quantitative estimate of drug-likeness (QED) is 0.762. The van der Waals surface area contributed by atoms with E-state index in [0.717, 1.165) is 0 Å². The third-order valence-corrected chi connectivity index (χ3v) is 2.72. The number of ether oxygens (including phenoxy) is 1. The van der Waals surface area contributed by atoms with Gasteiger partial charge in [-0.05, 0) is 18.2 Å². The van der Waals surface area contributed by atoms with Crippen molar-refractivity contribution in [2.24, 2.45) is 5.73 Å². The average molecular weight is 294 g/mol. The molecule has 1 unspecified atom stereocenters. The number of aliphatic hydroxyl groups is 1. The number of hydrogen-bond acceptors (Lipinski definition) is 4. The van der Waals surface area contributed by atoms with Crippen molar-refractivity contribution >= 4 is 5.91 Å². The minimum absolute atomic E-state index is 0.0464. The Bertz CT molecular complexity index is 552. The van der Waals surface area contributed by atoms with Crippen molar-refractivity contribution in [2.45, 2.75) is 6.10 Å². The van der Waals surface area contributed by atoms with Crippen LogP contribution in [0.4, 0.5) is 4.39 Å². The van der Waals surface area contributed by atoms with Gasteiger partial charge in [-0.3, -0.25) is 4.79 Å². The molecule has 0 saturated carbocycles. The van der Waals surface area contributed by atoms with E-state index in [1.165, 1.54) is 37.3 Å². The van der Waals surface area contributed by atoms with Crippen molar-refractivity contribution in [3.63, 3.8) is 0 Å². The number of rotatable bonds is 5. The lowest BCUT2D eigenvalue weighted by atomic mass is 10.1. The summed E-state index contributed by atoms with van der Waals surface area (Å²) in [4.78, 5) is 13.4. The van der Waals surface area contributed by atoms with Crippen LogP contribution in [0.3, 0.4) is 0 Å². The first kappa shape index (κ1) is 17.1. The Labute approximate surface area is 123 Å². The molecule has 0 aliphatic heterocycles. The highest BCUT2D eigenvalue weighted by atomic mass is 19.1. The summed E-state index contributed by atoms with van der Waals surface area (Å²) in [5, 5.41) is 9.61.